The number of rotatable bonds is 5. The van der Waals surface area contributed by atoms with Crippen molar-refractivity contribution in [3.8, 4) is 0 Å². The lowest BCUT2D eigenvalue weighted by Crippen LogP contribution is -2.67. The highest BCUT2D eigenvalue weighted by Crippen LogP contribution is 2.26. The quantitative estimate of drug-likeness (QED) is 0.454. The zero-order chi connectivity index (χ0) is 13.8. The number of ether oxygens (including phenoxy) is 1. The van der Waals surface area contributed by atoms with Gasteiger partial charge in [-0.2, -0.15) is 0 Å². The van der Waals surface area contributed by atoms with E-state index in [0.29, 0.717) is 6.54 Å². The lowest BCUT2D eigenvalue weighted by molar-refractivity contribution is -0.174. The highest BCUT2D eigenvalue weighted by molar-refractivity contribution is 6.06. The van der Waals surface area contributed by atoms with Crippen molar-refractivity contribution in [3.63, 3.8) is 0 Å². The second kappa shape index (κ2) is 5.65. The summed E-state index contributed by atoms with van der Waals surface area (Å²) >= 11 is 0. The molecule has 19 heavy (non-hydrogen) atoms. The highest BCUT2D eigenvalue weighted by Gasteiger charge is 2.50. The monoisotopic (exact) mass is 257 g/mol. The summed E-state index contributed by atoms with van der Waals surface area (Å²) in [7, 11) is 1.43. The minimum atomic E-state index is -0.694. The van der Waals surface area contributed by atoms with Crippen LogP contribution in [0.2, 0.25) is 0 Å². The summed E-state index contributed by atoms with van der Waals surface area (Å²) in [5.74, 6) is -0.375. The molecule has 4 heteroatoms. The number of nitrogens with zero attached hydrogens (tertiary/aromatic N) is 1. The van der Waals surface area contributed by atoms with Crippen LogP contribution in [0.15, 0.2) is 48.7 Å². The highest BCUT2D eigenvalue weighted by atomic mass is 16.5. The minimum Gasteiger partial charge on any atom is -0.369 e. The second-order valence-electron chi connectivity index (χ2n) is 4.30. The molecular formula is C15H15NO3. The van der Waals surface area contributed by atoms with Crippen LogP contribution in [0.3, 0.4) is 0 Å². The molecule has 1 aromatic rings. The first kappa shape index (κ1) is 13.3. The third-order valence-electron chi connectivity index (χ3n) is 3.13. The molecule has 0 spiro atoms. The van der Waals surface area contributed by atoms with E-state index < -0.39 is 12.1 Å². The summed E-state index contributed by atoms with van der Waals surface area (Å²) in [5.41, 5.74) is 3.42. The number of carbonyl (C=O) groups is 2. The molecule has 4 nitrogen and oxygen atoms in total. The molecule has 0 unspecified atom stereocenters. The molecule has 1 amide bonds. The Balaban J connectivity index is 2.16. The molecule has 0 aliphatic carbocycles. The maximum absolute atomic E-state index is 11.9. The van der Waals surface area contributed by atoms with Crippen LogP contribution < -0.4 is 0 Å². The zero-order valence-corrected chi connectivity index (χ0v) is 10.7. The van der Waals surface area contributed by atoms with Gasteiger partial charge in [-0.15, -0.1) is 5.73 Å². The summed E-state index contributed by atoms with van der Waals surface area (Å²) in [6, 6.07) is 8.95. The number of carbonyl (C=O) groups excluding carboxylic acids is 2. The maximum Gasteiger partial charge on any atom is 0.255 e. The molecule has 1 fully saturated rings. The average molecular weight is 257 g/mol. The summed E-state index contributed by atoms with van der Waals surface area (Å²) in [6.45, 7) is 3.78. The van der Waals surface area contributed by atoms with E-state index in [0.717, 1.165) is 5.56 Å². The van der Waals surface area contributed by atoms with E-state index in [4.69, 9.17) is 4.74 Å². The summed E-state index contributed by atoms with van der Waals surface area (Å²) in [4.78, 5) is 25.3. The first-order valence-electron chi connectivity index (χ1n) is 5.96. The molecule has 1 heterocycles. The van der Waals surface area contributed by atoms with E-state index in [-0.39, 0.29) is 11.7 Å². The van der Waals surface area contributed by atoms with Gasteiger partial charge in [0.15, 0.2) is 11.9 Å². The fraction of sp³-hybridized carbons (Fsp3) is 0.267. The van der Waals surface area contributed by atoms with E-state index in [9.17, 15) is 9.59 Å². The Morgan fingerprint density at radius 3 is 2.74 bits per heavy atom. The zero-order valence-electron chi connectivity index (χ0n) is 10.7. The number of ketones is 1. The van der Waals surface area contributed by atoms with Gasteiger partial charge < -0.3 is 9.64 Å². The lowest BCUT2D eigenvalue weighted by atomic mass is 9.92. The first-order chi connectivity index (χ1) is 9.19. The number of amides is 1. The molecule has 1 aromatic carbocycles. The van der Waals surface area contributed by atoms with Crippen LogP contribution in [-0.4, -0.2) is 35.8 Å². The van der Waals surface area contributed by atoms with Crippen LogP contribution in [0.1, 0.15) is 5.56 Å². The van der Waals surface area contributed by atoms with E-state index in [1.165, 1.54) is 18.1 Å². The molecule has 0 saturated carbocycles. The van der Waals surface area contributed by atoms with Gasteiger partial charge in [0, 0.05) is 19.7 Å². The third-order valence-corrected chi connectivity index (χ3v) is 3.13. The molecule has 98 valence electrons. The SMILES string of the molecule is C=C=CC(=O)[C@H]1[C@@H](OC)C(=O)N1Cc1ccccc1. The molecule has 1 saturated heterocycles. The molecule has 0 aromatic heterocycles. The number of β-lactam (4-membered cyclic amide) rings is 1. The van der Waals surface area contributed by atoms with E-state index in [1.807, 2.05) is 30.3 Å². The summed E-state index contributed by atoms with van der Waals surface area (Å²) in [6.07, 6.45) is 0.557. The van der Waals surface area contributed by atoms with Crippen molar-refractivity contribution >= 4 is 11.7 Å². The number of benzene rings is 1. The fourth-order valence-corrected chi connectivity index (χ4v) is 2.19. The topological polar surface area (TPSA) is 46.6 Å². The van der Waals surface area contributed by atoms with Crippen molar-refractivity contribution in [1.29, 1.82) is 0 Å². The van der Waals surface area contributed by atoms with Crippen molar-refractivity contribution in [2.75, 3.05) is 7.11 Å². The molecule has 2 atom stereocenters. The molecule has 1 aliphatic rings. The maximum atomic E-state index is 11.9. The predicted molar refractivity (Wildman–Crippen MR) is 70.3 cm³/mol. The normalized spacial score (nSPS) is 21.5. The Morgan fingerprint density at radius 2 is 2.16 bits per heavy atom. The summed E-state index contributed by atoms with van der Waals surface area (Å²) < 4.78 is 5.07. The van der Waals surface area contributed by atoms with Crippen LogP contribution in [0, 0.1) is 0 Å². The van der Waals surface area contributed by atoms with Gasteiger partial charge in [0.25, 0.3) is 5.91 Å². The van der Waals surface area contributed by atoms with Crippen LogP contribution in [0.25, 0.3) is 0 Å². The number of methoxy groups -OCH3 is 1. The van der Waals surface area contributed by atoms with Crippen LogP contribution in [-0.2, 0) is 20.9 Å². The van der Waals surface area contributed by atoms with E-state index >= 15 is 0 Å². The number of hydrogen-bond donors (Lipinski definition) is 0. The molecular weight excluding hydrogens is 242 g/mol. The largest absolute Gasteiger partial charge is 0.369 e. The average Bonchev–Trinajstić information content (AvgIpc) is 2.43. The van der Waals surface area contributed by atoms with Crippen LogP contribution in [0.5, 0.6) is 0 Å². The summed E-state index contributed by atoms with van der Waals surface area (Å²) in [5, 5.41) is 0. The Bertz CT molecular complexity index is 532. The molecule has 0 N–H and O–H groups in total. The second-order valence-corrected chi connectivity index (χ2v) is 4.30. The van der Waals surface area contributed by atoms with Crippen molar-refractivity contribution in [1.82, 2.24) is 4.90 Å². The van der Waals surface area contributed by atoms with Gasteiger partial charge in [-0.25, -0.2) is 0 Å². The first-order valence-corrected chi connectivity index (χ1v) is 5.96. The van der Waals surface area contributed by atoms with Gasteiger partial charge in [-0.05, 0) is 5.56 Å². The Labute approximate surface area is 112 Å². The van der Waals surface area contributed by atoms with E-state index in [2.05, 4.69) is 12.3 Å². The Kier molecular flexibility index (Phi) is 3.95. The predicted octanol–water partition coefficient (Wildman–Crippen LogP) is 1.32. The molecule has 1 aliphatic heterocycles. The smallest absolute Gasteiger partial charge is 0.255 e. The lowest BCUT2D eigenvalue weighted by Gasteiger charge is -2.44. The number of likely N-dealkylation sites (tertiary alicyclic amines) is 1. The van der Waals surface area contributed by atoms with Crippen LogP contribution in [0.4, 0.5) is 0 Å². The van der Waals surface area contributed by atoms with Gasteiger partial charge in [0.2, 0.25) is 0 Å². The van der Waals surface area contributed by atoms with Crippen molar-refractivity contribution < 1.29 is 14.3 Å². The van der Waals surface area contributed by atoms with Gasteiger partial charge in [0.1, 0.15) is 6.04 Å². The van der Waals surface area contributed by atoms with Crippen molar-refractivity contribution in [2.45, 2.75) is 18.7 Å². The molecule has 0 radical (unpaired) electrons. The Hall–Kier alpha value is -2.16. The fourth-order valence-electron chi connectivity index (χ4n) is 2.19. The van der Waals surface area contributed by atoms with Gasteiger partial charge >= 0.3 is 0 Å². The Morgan fingerprint density at radius 1 is 1.47 bits per heavy atom. The van der Waals surface area contributed by atoms with Crippen molar-refractivity contribution in [2.24, 2.45) is 0 Å². The van der Waals surface area contributed by atoms with Gasteiger partial charge in [-0.1, -0.05) is 36.9 Å². The standard InChI is InChI=1S/C15H15NO3/c1-3-7-12(17)13-14(19-2)15(18)16(13)10-11-8-5-4-6-9-11/h4-9,13-14H,1,10H2,2H3/t13-,14+/m0/s1. The van der Waals surface area contributed by atoms with Gasteiger partial charge in [0.05, 0.1) is 0 Å². The molecule has 0 bridgehead atoms. The third kappa shape index (κ3) is 2.50. The van der Waals surface area contributed by atoms with Gasteiger partial charge in [-0.3, -0.25) is 9.59 Å². The van der Waals surface area contributed by atoms with Crippen LogP contribution >= 0.6 is 0 Å². The molecule has 2 rings (SSSR count). The minimum absolute atomic E-state index is 0.165. The van der Waals surface area contributed by atoms with Crippen molar-refractivity contribution in [3.05, 3.63) is 54.3 Å². The van der Waals surface area contributed by atoms with E-state index in [1.54, 1.807) is 0 Å². The number of hydrogen-bond acceptors (Lipinski definition) is 3.